The average Bonchev–Trinajstić information content (AvgIpc) is 3.03. The molecule has 5 nitrogen and oxygen atoms in total. The highest BCUT2D eigenvalue weighted by molar-refractivity contribution is 4.87. The summed E-state index contributed by atoms with van der Waals surface area (Å²) in [5.41, 5.74) is 0. The van der Waals surface area contributed by atoms with Crippen molar-refractivity contribution in [1.29, 1.82) is 0 Å². The Kier molecular flexibility index (Phi) is 15.9. The Balaban J connectivity index is 1.77. The van der Waals surface area contributed by atoms with Crippen molar-refractivity contribution >= 4 is 0 Å². The van der Waals surface area contributed by atoms with Crippen LogP contribution >= 0.6 is 0 Å². The number of unbranched alkanes of at least 4 members (excludes halogenated alkanes) is 11. The van der Waals surface area contributed by atoms with Crippen LogP contribution in [0.4, 0.5) is 0 Å². The van der Waals surface area contributed by atoms with Gasteiger partial charge in [0.15, 0.2) is 0 Å². The lowest BCUT2D eigenvalue weighted by Crippen LogP contribution is -2.40. The van der Waals surface area contributed by atoms with Crippen LogP contribution in [0.1, 0.15) is 90.4 Å². The Labute approximate surface area is 172 Å². The van der Waals surface area contributed by atoms with Crippen LogP contribution in [0, 0.1) is 0 Å². The molecule has 1 aliphatic rings. The summed E-state index contributed by atoms with van der Waals surface area (Å²) in [5.74, 6) is 0. The van der Waals surface area contributed by atoms with Crippen molar-refractivity contribution in [2.45, 2.75) is 115 Å². The van der Waals surface area contributed by atoms with Crippen molar-refractivity contribution in [3.63, 3.8) is 0 Å². The van der Waals surface area contributed by atoms with Crippen LogP contribution in [0.3, 0.4) is 0 Å². The third-order valence-corrected chi connectivity index (χ3v) is 5.39. The van der Waals surface area contributed by atoms with Crippen molar-refractivity contribution in [3.8, 4) is 0 Å². The second-order valence-electron chi connectivity index (χ2n) is 8.08. The summed E-state index contributed by atoms with van der Waals surface area (Å²) >= 11 is 0. The SMILES string of the molecule is CCC/C=C/CCCCCCCCCCCCOC[C@H](O)[C@@H]1OC[C@@H](O)[C@@H]1O. The molecule has 4 atom stereocenters. The summed E-state index contributed by atoms with van der Waals surface area (Å²) in [4.78, 5) is 0. The number of allylic oxidation sites excluding steroid dienone is 2. The van der Waals surface area contributed by atoms with Crippen LogP contribution in [0.2, 0.25) is 0 Å². The fraction of sp³-hybridized carbons (Fsp3) is 0.913. The molecule has 1 aliphatic heterocycles. The van der Waals surface area contributed by atoms with Gasteiger partial charge in [0.1, 0.15) is 24.4 Å². The van der Waals surface area contributed by atoms with Gasteiger partial charge in [-0.15, -0.1) is 0 Å². The van der Waals surface area contributed by atoms with Gasteiger partial charge >= 0.3 is 0 Å². The van der Waals surface area contributed by atoms with Crippen molar-refractivity contribution < 1.29 is 24.8 Å². The molecule has 166 valence electrons. The molecule has 0 radical (unpaired) electrons. The predicted molar refractivity (Wildman–Crippen MR) is 113 cm³/mol. The average molecular weight is 401 g/mol. The summed E-state index contributed by atoms with van der Waals surface area (Å²) in [6.07, 6.45) is 17.6. The molecule has 0 aromatic rings. The molecule has 0 amide bonds. The molecule has 5 heteroatoms. The normalized spacial score (nSPS) is 23.6. The summed E-state index contributed by atoms with van der Waals surface area (Å²) in [5, 5.41) is 29.0. The molecule has 0 saturated carbocycles. The molecule has 0 spiro atoms. The van der Waals surface area contributed by atoms with Crippen molar-refractivity contribution in [2.24, 2.45) is 0 Å². The second kappa shape index (κ2) is 17.4. The topological polar surface area (TPSA) is 79.2 Å². The monoisotopic (exact) mass is 400 g/mol. The lowest BCUT2D eigenvalue weighted by molar-refractivity contribution is -0.0813. The van der Waals surface area contributed by atoms with Gasteiger partial charge in [-0.2, -0.15) is 0 Å². The molecule has 3 N–H and O–H groups in total. The third kappa shape index (κ3) is 12.2. The molecule has 0 aromatic heterocycles. The molecular weight excluding hydrogens is 356 g/mol. The van der Waals surface area contributed by atoms with E-state index in [1.165, 1.54) is 70.6 Å². The maximum absolute atomic E-state index is 9.94. The molecule has 0 unspecified atom stereocenters. The van der Waals surface area contributed by atoms with Crippen molar-refractivity contribution in [3.05, 3.63) is 12.2 Å². The second-order valence-corrected chi connectivity index (χ2v) is 8.08. The Morgan fingerprint density at radius 1 is 0.893 bits per heavy atom. The molecule has 0 aliphatic carbocycles. The van der Waals surface area contributed by atoms with Crippen LogP contribution in [-0.2, 0) is 9.47 Å². The van der Waals surface area contributed by atoms with E-state index >= 15 is 0 Å². The minimum Gasteiger partial charge on any atom is -0.388 e. The summed E-state index contributed by atoms with van der Waals surface area (Å²) in [7, 11) is 0. The first kappa shape index (κ1) is 25.6. The molecule has 28 heavy (non-hydrogen) atoms. The summed E-state index contributed by atoms with van der Waals surface area (Å²) in [6.45, 7) is 3.05. The van der Waals surface area contributed by atoms with Crippen LogP contribution in [0.5, 0.6) is 0 Å². The molecule has 1 fully saturated rings. The number of hydrogen-bond donors (Lipinski definition) is 3. The van der Waals surface area contributed by atoms with E-state index in [0.717, 1.165) is 12.8 Å². The largest absolute Gasteiger partial charge is 0.388 e. The van der Waals surface area contributed by atoms with E-state index in [9.17, 15) is 15.3 Å². The highest BCUT2D eigenvalue weighted by Gasteiger charge is 2.39. The zero-order valence-electron chi connectivity index (χ0n) is 17.9. The Hall–Kier alpha value is -0.460. The van der Waals surface area contributed by atoms with Crippen molar-refractivity contribution in [2.75, 3.05) is 19.8 Å². The third-order valence-electron chi connectivity index (χ3n) is 5.39. The maximum atomic E-state index is 9.94. The van der Waals surface area contributed by atoms with E-state index in [-0.39, 0.29) is 13.2 Å². The summed E-state index contributed by atoms with van der Waals surface area (Å²) in [6, 6.07) is 0. The highest BCUT2D eigenvalue weighted by Crippen LogP contribution is 2.18. The lowest BCUT2D eigenvalue weighted by atomic mass is 10.1. The van der Waals surface area contributed by atoms with Gasteiger partial charge in [-0.05, 0) is 25.7 Å². The first-order chi connectivity index (χ1) is 13.7. The Morgan fingerprint density at radius 3 is 2.04 bits per heavy atom. The Bertz CT molecular complexity index is 374. The highest BCUT2D eigenvalue weighted by atomic mass is 16.5. The van der Waals surface area contributed by atoms with Crippen LogP contribution in [0.15, 0.2) is 12.2 Å². The van der Waals surface area contributed by atoms with Crippen molar-refractivity contribution in [1.82, 2.24) is 0 Å². The molecule has 1 saturated heterocycles. The molecule has 0 bridgehead atoms. The minimum atomic E-state index is -1.03. The van der Waals surface area contributed by atoms with E-state index in [2.05, 4.69) is 19.1 Å². The standard InChI is InChI=1S/C23H44O5/c1-2-3-4-5-6-7-8-9-10-11-12-13-14-15-16-17-27-18-21(25)23-22(26)20(24)19-28-23/h4-5,20-26H,2-3,6-19H2,1H3/b5-4+/t20-,21+,22+,23+/m1/s1. The molecule has 1 rings (SSSR count). The zero-order chi connectivity index (χ0) is 20.5. The quantitative estimate of drug-likeness (QED) is 0.238. The summed E-state index contributed by atoms with van der Waals surface area (Å²) < 4.78 is 10.7. The van der Waals surface area contributed by atoms with Gasteiger partial charge < -0.3 is 24.8 Å². The van der Waals surface area contributed by atoms with Gasteiger partial charge in [0.2, 0.25) is 0 Å². The molecule has 0 aromatic carbocycles. The molecule has 1 heterocycles. The first-order valence-corrected chi connectivity index (χ1v) is 11.5. The molecular formula is C23H44O5. The van der Waals surface area contributed by atoms with Crippen LogP contribution < -0.4 is 0 Å². The van der Waals surface area contributed by atoms with Crippen LogP contribution in [-0.4, -0.2) is 59.6 Å². The fourth-order valence-electron chi connectivity index (χ4n) is 3.55. The lowest BCUT2D eigenvalue weighted by Gasteiger charge is -2.20. The van der Waals surface area contributed by atoms with E-state index in [0.29, 0.717) is 6.61 Å². The predicted octanol–water partition coefficient (Wildman–Crippen LogP) is 4.13. The van der Waals surface area contributed by atoms with E-state index in [1.54, 1.807) is 0 Å². The van der Waals surface area contributed by atoms with E-state index in [4.69, 9.17) is 9.47 Å². The zero-order valence-corrected chi connectivity index (χ0v) is 17.9. The Morgan fingerprint density at radius 2 is 1.46 bits per heavy atom. The minimum absolute atomic E-state index is 0.0687. The van der Waals surface area contributed by atoms with Crippen LogP contribution in [0.25, 0.3) is 0 Å². The van der Waals surface area contributed by atoms with Gasteiger partial charge in [0.25, 0.3) is 0 Å². The van der Waals surface area contributed by atoms with E-state index in [1.807, 2.05) is 0 Å². The van der Waals surface area contributed by atoms with Gasteiger partial charge in [0.05, 0.1) is 13.2 Å². The number of aliphatic hydroxyl groups is 3. The van der Waals surface area contributed by atoms with Gasteiger partial charge in [0, 0.05) is 6.61 Å². The number of hydrogen-bond acceptors (Lipinski definition) is 5. The van der Waals surface area contributed by atoms with E-state index < -0.39 is 24.4 Å². The fourth-order valence-corrected chi connectivity index (χ4v) is 3.55. The van der Waals surface area contributed by atoms with Gasteiger partial charge in [-0.25, -0.2) is 0 Å². The number of ether oxygens (including phenoxy) is 2. The smallest absolute Gasteiger partial charge is 0.114 e. The maximum Gasteiger partial charge on any atom is 0.114 e. The number of rotatable bonds is 18. The van der Waals surface area contributed by atoms with Gasteiger partial charge in [-0.1, -0.05) is 76.9 Å². The number of aliphatic hydroxyl groups excluding tert-OH is 3. The first-order valence-electron chi connectivity index (χ1n) is 11.5. The van der Waals surface area contributed by atoms with Gasteiger partial charge in [-0.3, -0.25) is 0 Å².